The first-order chi connectivity index (χ1) is 17.7. The van der Waals surface area contributed by atoms with Gasteiger partial charge in [0.1, 0.15) is 5.69 Å². The van der Waals surface area contributed by atoms with E-state index in [1.54, 1.807) is 13.8 Å². The van der Waals surface area contributed by atoms with E-state index in [0.29, 0.717) is 12.1 Å². The topological polar surface area (TPSA) is 132 Å². The summed E-state index contributed by atoms with van der Waals surface area (Å²) in [6, 6.07) is 17.9. The highest BCUT2D eigenvalue weighted by Gasteiger charge is 2.20. The molecule has 2 N–H and O–H groups in total. The van der Waals surface area contributed by atoms with Crippen LogP contribution in [0.5, 0.6) is 0 Å². The molecule has 0 atom stereocenters. The van der Waals surface area contributed by atoms with Crippen LogP contribution in [0.4, 0.5) is 0 Å². The molecule has 9 nitrogen and oxygen atoms in total. The van der Waals surface area contributed by atoms with Crippen LogP contribution in [-0.2, 0) is 21.2 Å². The lowest BCUT2D eigenvalue weighted by Gasteiger charge is -2.09. The van der Waals surface area contributed by atoms with E-state index in [-0.39, 0.29) is 28.2 Å². The maximum atomic E-state index is 12.6. The Balaban J connectivity index is 1.51. The molecule has 10 heteroatoms. The zero-order chi connectivity index (χ0) is 26.8. The number of aromatic nitrogens is 1. The van der Waals surface area contributed by atoms with Crippen LogP contribution in [0.2, 0.25) is 0 Å². The molecule has 2 aromatic carbocycles. The number of hydrogen-bond acceptors (Lipinski definition) is 7. The van der Waals surface area contributed by atoms with Crippen molar-refractivity contribution in [3.05, 3.63) is 95.3 Å². The molecule has 194 valence electrons. The van der Waals surface area contributed by atoms with Gasteiger partial charge >= 0.3 is 5.97 Å². The molecule has 1 heterocycles. The summed E-state index contributed by atoms with van der Waals surface area (Å²) in [5.74, 6) is -1.87. The van der Waals surface area contributed by atoms with Crippen molar-refractivity contribution in [1.29, 1.82) is 0 Å². The third-order valence-corrected chi connectivity index (χ3v) is 6.60. The van der Waals surface area contributed by atoms with Gasteiger partial charge in [-0.15, -0.1) is 0 Å². The average molecular weight is 524 g/mol. The zero-order valence-electron chi connectivity index (χ0n) is 20.6. The summed E-state index contributed by atoms with van der Waals surface area (Å²) in [6.07, 6.45) is 3.44. The molecule has 0 bridgehead atoms. The van der Waals surface area contributed by atoms with Gasteiger partial charge in [-0.1, -0.05) is 30.3 Å². The third-order valence-electron chi connectivity index (χ3n) is 5.25. The van der Waals surface area contributed by atoms with Crippen molar-refractivity contribution in [3.63, 3.8) is 0 Å². The number of rotatable bonds is 11. The summed E-state index contributed by atoms with van der Waals surface area (Å²) in [7, 11) is -4.19. The molecule has 0 aliphatic carbocycles. The first-order valence-electron chi connectivity index (χ1n) is 11.8. The number of ether oxygens (including phenoxy) is 1. The molecule has 3 rings (SSSR count). The quantitative estimate of drug-likeness (QED) is 0.290. The Labute approximate surface area is 216 Å². The Bertz CT molecular complexity index is 1320. The van der Waals surface area contributed by atoms with Crippen molar-refractivity contribution in [1.82, 2.24) is 15.0 Å². The van der Waals surface area contributed by atoms with Crippen molar-refractivity contribution in [2.45, 2.75) is 44.1 Å². The van der Waals surface area contributed by atoms with Gasteiger partial charge in [-0.25, -0.2) is 22.9 Å². The number of esters is 1. The van der Waals surface area contributed by atoms with Gasteiger partial charge in [-0.3, -0.25) is 9.59 Å². The minimum Gasteiger partial charge on any atom is -0.458 e. The van der Waals surface area contributed by atoms with E-state index in [0.717, 1.165) is 25.5 Å². The number of aryl methyl sites for hydroxylation is 1. The van der Waals surface area contributed by atoms with Crippen LogP contribution in [0.25, 0.3) is 0 Å². The Morgan fingerprint density at radius 2 is 1.54 bits per heavy atom. The first-order valence-corrected chi connectivity index (χ1v) is 13.3. The van der Waals surface area contributed by atoms with Crippen LogP contribution in [0.1, 0.15) is 63.5 Å². The second kappa shape index (κ2) is 12.8. The summed E-state index contributed by atoms with van der Waals surface area (Å²) in [4.78, 5) is 40.3. The molecular formula is C27H29N3O6S. The smallest absolute Gasteiger partial charge is 0.357 e. The Morgan fingerprint density at radius 3 is 2.16 bits per heavy atom. The highest BCUT2D eigenvalue weighted by Crippen LogP contribution is 2.12. The van der Waals surface area contributed by atoms with Crippen LogP contribution in [0, 0.1) is 0 Å². The van der Waals surface area contributed by atoms with Crippen molar-refractivity contribution in [3.8, 4) is 0 Å². The summed E-state index contributed by atoms with van der Waals surface area (Å²) >= 11 is 0. The monoisotopic (exact) mass is 523 g/mol. The maximum absolute atomic E-state index is 12.6. The van der Waals surface area contributed by atoms with Crippen molar-refractivity contribution >= 4 is 27.8 Å². The van der Waals surface area contributed by atoms with Crippen LogP contribution in [0.15, 0.2) is 77.8 Å². The van der Waals surface area contributed by atoms with E-state index in [9.17, 15) is 22.8 Å². The highest BCUT2D eigenvalue weighted by atomic mass is 32.2. The van der Waals surface area contributed by atoms with E-state index in [4.69, 9.17) is 4.74 Å². The molecule has 37 heavy (non-hydrogen) atoms. The second-order valence-electron chi connectivity index (χ2n) is 8.54. The predicted molar refractivity (Wildman–Crippen MR) is 138 cm³/mol. The fraction of sp³-hybridized carbons (Fsp3) is 0.259. The molecule has 2 amide bonds. The van der Waals surface area contributed by atoms with E-state index in [1.165, 1.54) is 42.0 Å². The minimum atomic E-state index is -4.19. The number of nitrogens with one attached hydrogen (secondary N) is 2. The number of pyridine rings is 1. The molecule has 1 aromatic heterocycles. The van der Waals surface area contributed by atoms with Crippen molar-refractivity contribution < 1.29 is 27.5 Å². The van der Waals surface area contributed by atoms with Crippen LogP contribution >= 0.6 is 0 Å². The number of carbonyl (C=O) groups is 3. The number of amides is 2. The minimum absolute atomic E-state index is 0.00170. The second-order valence-corrected chi connectivity index (χ2v) is 10.2. The Hall–Kier alpha value is -4.05. The molecule has 0 unspecified atom stereocenters. The number of sulfonamides is 1. The summed E-state index contributed by atoms with van der Waals surface area (Å²) in [6.45, 7) is 3.89. The molecule has 0 aliphatic rings. The molecule has 0 aliphatic heterocycles. The molecule has 0 spiro atoms. The highest BCUT2D eigenvalue weighted by molar-refractivity contribution is 7.90. The largest absolute Gasteiger partial charge is 0.458 e. The average Bonchev–Trinajstić information content (AvgIpc) is 2.88. The summed E-state index contributed by atoms with van der Waals surface area (Å²) in [5.41, 5.74) is 1.50. The first kappa shape index (κ1) is 27.5. The van der Waals surface area contributed by atoms with E-state index < -0.39 is 21.9 Å². The number of carbonyl (C=O) groups excluding carboxylic acids is 3. The van der Waals surface area contributed by atoms with E-state index in [2.05, 4.69) is 22.4 Å². The van der Waals surface area contributed by atoms with Gasteiger partial charge in [-0.05, 0) is 75.1 Å². The number of benzene rings is 2. The molecule has 0 saturated heterocycles. The van der Waals surface area contributed by atoms with Crippen LogP contribution in [0.3, 0.4) is 0 Å². The fourth-order valence-electron chi connectivity index (χ4n) is 3.35. The molecule has 3 aromatic rings. The van der Waals surface area contributed by atoms with Crippen molar-refractivity contribution in [2.24, 2.45) is 0 Å². The van der Waals surface area contributed by atoms with Gasteiger partial charge in [0, 0.05) is 18.3 Å². The normalized spacial score (nSPS) is 11.1. The van der Waals surface area contributed by atoms with E-state index in [1.807, 2.05) is 22.9 Å². The summed E-state index contributed by atoms with van der Waals surface area (Å²) < 4.78 is 32.2. The van der Waals surface area contributed by atoms with Gasteiger partial charge < -0.3 is 10.1 Å². The third kappa shape index (κ3) is 8.25. The SMILES string of the molecule is CC(C)OC(=O)c1ccc(C(=O)NS(=O)(=O)c2ccc(C(=O)NCCCCc3ccccc3)cc2)cn1. The predicted octanol–water partition coefficient (Wildman–Crippen LogP) is 3.52. The lowest BCUT2D eigenvalue weighted by atomic mass is 10.1. The van der Waals surface area contributed by atoms with E-state index >= 15 is 0 Å². The van der Waals surface area contributed by atoms with Gasteiger partial charge in [0.25, 0.3) is 21.8 Å². The van der Waals surface area contributed by atoms with Gasteiger partial charge in [-0.2, -0.15) is 0 Å². The standard InChI is InChI=1S/C27H29N3O6S/c1-19(2)36-27(33)24-16-13-22(18-29-24)26(32)30-37(34,35)23-14-11-21(12-15-23)25(31)28-17-7-6-10-20-8-4-3-5-9-20/h3-5,8-9,11-16,18-19H,6-7,10,17H2,1-2H3,(H,28,31)(H,30,32). The maximum Gasteiger partial charge on any atom is 0.357 e. The molecule has 0 radical (unpaired) electrons. The molecule has 0 fully saturated rings. The molecule has 0 saturated carbocycles. The zero-order valence-corrected chi connectivity index (χ0v) is 21.5. The lowest BCUT2D eigenvalue weighted by molar-refractivity contribution is 0.0370. The Morgan fingerprint density at radius 1 is 0.865 bits per heavy atom. The lowest BCUT2D eigenvalue weighted by Crippen LogP contribution is -2.31. The number of unbranched alkanes of at least 4 members (excludes halogenated alkanes) is 1. The fourth-order valence-corrected chi connectivity index (χ4v) is 4.33. The summed E-state index contributed by atoms with van der Waals surface area (Å²) in [5, 5.41) is 2.82. The van der Waals surface area contributed by atoms with Crippen molar-refractivity contribution in [2.75, 3.05) is 6.54 Å². The van der Waals surface area contributed by atoms with Crippen LogP contribution < -0.4 is 10.0 Å². The number of hydrogen-bond donors (Lipinski definition) is 2. The van der Waals surface area contributed by atoms with Gasteiger partial charge in [0.05, 0.1) is 16.6 Å². The van der Waals surface area contributed by atoms with Gasteiger partial charge in [0.15, 0.2) is 0 Å². The van der Waals surface area contributed by atoms with Gasteiger partial charge in [0.2, 0.25) is 0 Å². The van der Waals surface area contributed by atoms with Crippen LogP contribution in [-0.4, -0.2) is 43.8 Å². The number of nitrogens with zero attached hydrogens (tertiary/aromatic N) is 1. The Kier molecular flexibility index (Phi) is 9.51. The molecular weight excluding hydrogens is 494 g/mol.